The molecule has 0 atom stereocenters. The van der Waals surface area contributed by atoms with Crippen molar-refractivity contribution in [1.82, 2.24) is 9.97 Å². The van der Waals surface area contributed by atoms with Crippen LogP contribution in [-0.2, 0) is 11.2 Å². The predicted octanol–water partition coefficient (Wildman–Crippen LogP) is 7.65. The van der Waals surface area contributed by atoms with E-state index >= 15 is 0 Å². The molecule has 0 spiro atoms. The fourth-order valence-electron chi connectivity index (χ4n) is 5.30. The second kappa shape index (κ2) is 11.5. The molecule has 6 heteroatoms. The molecule has 0 fully saturated rings. The average Bonchev–Trinajstić information content (AvgIpc) is 3.23. The van der Waals surface area contributed by atoms with E-state index in [0.29, 0.717) is 35.6 Å². The molecular formula is C31H34ClN3O2. The van der Waals surface area contributed by atoms with Crippen molar-refractivity contribution in [2.75, 3.05) is 18.0 Å². The van der Waals surface area contributed by atoms with Gasteiger partial charge in [-0.25, -0.2) is 9.97 Å². The normalized spacial score (nSPS) is 15.4. The lowest BCUT2D eigenvalue weighted by molar-refractivity contribution is -0.115. The summed E-state index contributed by atoms with van der Waals surface area (Å²) < 4.78 is 0. The zero-order valence-corrected chi connectivity index (χ0v) is 22.2. The first-order chi connectivity index (χ1) is 18.0. The molecule has 0 bridgehead atoms. The van der Waals surface area contributed by atoms with Crippen LogP contribution in [0.25, 0.3) is 22.5 Å². The molecule has 0 saturated carbocycles. The van der Waals surface area contributed by atoms with Gasteiger partial charge in [-0.15, -0.1) is 0 Å². The summed E-state index contributed by atoms with van der Waals surface area (Å²) in [6.07, 6.45) is 7.87. The maximum Gasteiger partial charge on any atom is 0.162 e. The van der Waals surface area contributed by atoms with E-state index in [0.717, 1.165) is 85.6 Å². The Hall–Kier alpha value is -3.18. The average molecular weight is 516 g/mol. The first-order valence-electron chi connectivity index (χ1n) is 13.4. The summed E-state index contributed by atoms with van der Waals surface area (Å²) in [4.78, 5) is 24.7. The Morgan fingerprint density at radius 1 is 0.865 bits per heavy atom. The van der Waals surface area contributed by atoms with E-state index in [4.69, 9.17) is 21.6 Å². The molecule has 37 heavy (non-hydrogen) atoms. The molecule has 0 unspecified atom stereocenters. The third-order valence-electron chi connectivity index (χ3n) is 7.41. The smallest absolute Gasteiger partial charge is 0.162 e. The Kier molecular flexibility index (Phi) is 7.90. The van der Waals surface area contributed by atoms with Gasteiger partial charge >= 0.3 is 0 Å². The quantitative estimate of drug-likeness (QED) is 0.296. The number of unbranched alkanes of at least 4 members (excludes halogenated alkanes) is 3. The van der Waals surface area contributed by atoms with E-state index < -0.39 is 0 Å². The first kappa shape index (κ1) is 25.5. The predicted molar refractivity (Wildman–Crippen MR) is 150 cm³/mol. The van der Waals surface area contributed by atoms with E-state index in [-0.39, 0.29) is 5.78 Å². The molecule has 2 heterocycles. The SMILES string of the molecule is Cc1ccc(-c2nc3c(nc2-c2ccc(Cl)cc2)CCCN3CCCCCCC2=C(O)CCC2=O)cc1. The van der Waals surface area contributed by atoms with Gasteiger partial charge < -0.3 is 10.0 Å². The number of nitrogens with zero attached hydrogens (tertiary/aromatic N) is 3. The van der Waals surface area contributed by atoms with Crippen LogP contribution in [0.15, 0.2) is 59.9 Å². The Balaban J connectivity index is 1.31. The highest BCUT2D eigenvalue weighted by Crippen LogP contribution is 2.35. The van der Waals surface area contributed by atoms with Gasteiger partial charge in [-0.1, -0.05) is 66.4 Å². The van der Waals surface area contributed by atoms with Gasteiger partial charge in [0.2, 0.25) is 0 Å². The molecule has 1 aliphatic heterocycles. The van der Waals surface area contributed by atoms with Crippen LogP contribution in [0.3, 0.4) is 0 Å². The van der Waals surface area contributed by atoms with Gasteiger partial charge in [0.05, 0.1) is 22.8 Å². The van der Waals surface area contributed by atoms with Crippen molar-refractivity contribution in [3.05, 3.63) is 76.1 Å². The summed E-state index contributed by atoms with van der Waals surface area (Å²) in [7, 11) is 0. The summed E-state index contributed by atoms with van der Waals surface area (Å²) in [6.45, 7) is 4.03. The molecule has 3 aromatic rings. The molecule has 1 aliphatic carbocycles. The standard InChI is InChI=1S/C31H34ClN3O2/c1-21-9-11-22(12-10-21)30-29(23-13-15-24(32)16-14-23)33-26-8-6-20-35(31(26)34-30)19-5-3-2-4-7-25-27(36)17-18-28(25)37/h9-16,36H,2-8,17-20H2,1H3. The van der Waals surface area contributed by atoms with Crippen LogP contribution in [0.4, 0.5) is 5.82 Å². The number of allylic oxidation sites excluding steroid dienone is 2. The molecule has 192 valence electrons. The second-order valence-corrected chi connectivity index (χ2v) is 10.6. The van der Waals surface area contributed by atoms with Crippen LogP contribution < -0.4 is 4.90 Å². The zero-order chi connectivity index (χ0) is 25.8. The number of hydrogen-bond acceptors (Lipinski definition) is 5. The highest BCUT2D eigenvalue weighted by molar-refractivity contribution is 6.30. The van der Waals surface area contributed by atoms with Gasteiger partial charge in [0, 0.05) is 47.7 Å². The fraction of sp³-hybridized carbons (Fsp3) is 0.387. The zero-order valence-electron chi connectivity index (χ0n) is 21.5. The number of aromatic nitrogens is 2. The molecule has 5 rings (SSSR count). The Labute approximate surface area is 224 Å². The molecule has 2 aromatic carbocycles. The van der Waals surface area contributed by atoms with Crippen molar-refractivity contribution in [1.29, 1.82) is 0 Å². The summed E-state index contributed by atoms with van der Waals surface area (Å²) in [6, 6.07) is 16.3. The lowest BCUT2D eigenvalue weighted by Gasteiger charge is -2.30. The lowest BCUT2D eigenvalue weighted by Crippen LogP contribution is -2.32. The number of carbonyl (C=O) groups excluding carboxylic acids is 1. The Morgan fingerprint density at radius 2 is 1.54 bits per heavy atom. The minimum absolute atomic E-state index is 0.128. The van der Waals surface area contributed by atoms with E-state index in [1.54, 1.807) is 0 Å². The minimum Gasteiger partial charge on any atom is -0.512 e. The number of aliphatic hydroxyl groups is 1. The third-order valence-corrected chi connectivity index (χ3v) is 7.66. The highest BCUT2D eigenvalue weighted by Gasteiger charge is 2.24. The minimum atomic E-state index is 0.128. The van der Waals surface area contributed by atoms with Gasteiger partial charge in [0.15, 0.2) is 11.6 Å². The van der Waals surface area contributed by atoms with Gasteiger partial charge in [-0.3, -0.25) is 4.79 Å². The van der Waals surface area contributed by atoms with Crippen molar-refractivity contribution in [3.63, 3.8) is 0 Å². The summed E-state index contributed by atoms with van der Waals surface area (Å²) in [5.41, 5.74) is 6.84. The second-order valence-electron chi connectivity index (χ2n) is 10.2. The summed E-state index contributed by atoms with van der Waals surface area (Å²) >= 11 is 6.16. The van der Waals surface area contributed by atoms with E-state index in [1.165, 1.54) is 5.56 Å². The summed E-state index contributed by atoms with van der Waals surface area (Å²) in [5, 5.41) is 10.6. The molecule has 5 nitrogen and oxygen atoms in total. The Morgan fingerprint density at radius 3 is 2.24 bits per heavy atom. The monoisotopic (exact) mass is 515 g/mol. The van der Waals surface area contributed by atoms with Crippen LogP contribution in [-0.4, -0.2) is 33.9 Å². The number of aryl methyl sites for hydroxylation is 2. The lowest BCUT2D eigenvalue weighted by atomic mass is 10.0. The number of Topliss-reactive ketones (excluding diaryl/α,β-unsaturated/α-hetero) is 1. The van der Waals surface area contributed by atoms with Gasteiger partial charge in [0.25, 0.3) is 0 Å². The van der Waals surface area contributed by atoms with Gasteiger partial charge in [-0.05, 0) is 51.2 Å². The number of halogens is 1. The van der Waals surface area contributed by atoms with E-state index in [9.17, 15) is 9.90 Å². The summed E-state index contributed by atoms with van der Waals surface area (Å²) in [5.74, 6) is 1.45. The highest BCUT2D eigenvalue weighted by atomic mass is 35.5. The first-order valence-corrected chi connectivity index (χ1v) is 13.8. The van der Waals surface area contributed by atoms with Crippen LogP contribution in [0.1, 0.15) is 62.6 Å². The van der Waals surface area contributed by atoms with Crippen LogP contribution in [0, 0.1) is 6.92 Å². The number of fused-ring (bicyclic) bond motifs is 1. The molecule has 1 N–H and O–H groups in total. The topological polar surface area (TPSA) is 66.3 Å². The van der Waals surface area contributed by atoms with Crippen molar-refractivity contribution in [2.45, 2.75) is 64.7 Å². The molecule has 0 radical (unpaired) electrons. The largest absolute Gasteiger partial charge is 0.512 e. The number of aliphatic hydroxyl groups excluding tert-OH is 1. The van der Waals surface area contributed by atoms with Gasteiger partial charge in [-0.2, -0.15) is 0 Å². The molecule has 0 amide bonds. The van der Waals surface area contributed by atoms with Crippen LogP contribution in [0.2, 0.25) is 5.02 Å². The van der Waals surface area contributed by atoms with Crippen molar-refractivity contribution < 1.29 is 9.90 Å². The number of carbonyl (C=O) groups is 1. The fourth-order valence-corrected chi connectivity index (χ4v) is 5.43. The number of hydrogen-bond donors (Lipinski definition) is 1. The maximum atomic E-state index is 11.9. The van der Waals surface area contributed by atoms with E-state index in [2.05, 4.69) is 36.1 Å². The number of benzene rings is 2. The molecule has 2 aliphatic rings. The van der Waals surface area contributed by atoms with Crippen molar-refractivity contribution >= 4 is 23.2 Å². The van der Waals surface area contributed by atoms with Crippen molar-refractivity contribution in [3.8, 4) is 22.5 Å². The molecule has 1 aromatic heterocycles. The van der Waals surface area contributed by atoms with Crippen molar-refractivity contribution in [2.24, 2.45) is 0 Å². The van der Waals surface area contributed by atoms with Gasteiger partial charge in [0.1, 0.15) is 0 Å². The van der Waals surface area contributed by atoms with Crippen LogP contribution in [0.5, 0.6) is 0 Å². The molecular weight excluding hydrogens is 482 g/mol. The Bertz CT molecular complexity index is 1300. The maximum absolute atomic E-state index is 11.9. The number of rotatable bonds is 9. The number of anilines is 1. The third kappa shape index (κ3) is 5.88. The number of ketones is 1. The van der Waals surface area contributed by atoms with Crippen LogP contribution >= 0.6 is 11.6 Å². The van der Waals surface area contributed by atoms with E-state index in [1.807, 2.05) is 24.3 Å². The molecule has 0 saturated heterocycles.